The number of nitrogens with zero attached hydrogens (tertiary/aromatic N) is 1. The Hall–Kier alpha value is -3.26. The van der Waals surface area contributed by atoms with E-state index in [-0.39, 0.29) is 6.85 Å². The van der Waals surface area contributed by atoms with Crippen LogP contribution in [0.5, 0.6) is 0 Å². The van der Waals surface area contributed by atoms with Gasteiger partial charge in [-0.25, -0.2) is 0 Å². The SMILES string of the molecule is Cc1ccc(N2B(c3ccccc3)c3ccccc3-c3ccccc32)cc1. The van der Waals surface area contributed by atoms with Crippen LogP contribution >= 0.6 is 0 Å². The van der Waals surface area contributed by atoms with Gasteiger partial charge in [-0.3, -0.25) is 0 Å². The highest BCUT2D eigenvalue weighted by Crippen LogP contribution is 2.39. The number of rotatable bonds is 2. The number of hydrogen-bond acceptors (Lipinski definition) is 1. The molecule has 4 aromatic rings. The van der Waals surface area contributed by atoms with Crippen molar-refractivity contribution in [3.8, 4) is 11.1 Å². The molecule has 1 aliphatic heterocycles. The second-order valence-corrected chi connectivity index (χ2v) is 7.12. The number of para-hydroxylation sites is 1. The topological polar surface area (TPSA) is 3.24 Å². The highest BCUT2D eigenvalue weighted by molar-refractivity contribution is 6.90. The lowest BCUT2D eigenvalue weighted by atomic mass is 9.46. The molecule has 0 unspecified atom stereocenters. The molecule has 0 N–H and O–H groups in total. The predicted octanol–water partition coefficient (Wildman–Crippen LogP) is 4.92. The first kappa shape index (κ1) is 16.0. The van der Waals surface area contributed by atoms with Gasteiger partial charge in [0.25, 0.3) is 0 Å². The van der Waals surface area contributed by atoms with Crippen molar-refractivity contribution in [1.82, 2.24) is 0 Å². The van der Waals surface area contributed by atoms with Gasteiger partial charge in [0.2, 0.25) is 0 Å². The molecule has 2 heteroatoms. The van der Waals surface area contributed by atoms with Gasteiger partial charge in [0.15, 0.2) is 0 Å². The third kappa shape index (κ3) is 2.65. The Kier molecular flexibility index (Phi) is 3.83. The van der Waals surface area contributed by atoms with Crippen LogP contribution in [0.15, 0.2) is 103 Å². The van der Waals surface area contributed by atoms with Crippen molar-refractivity contribution in [2.24, 2.45) is 0 Å². The Morgan fingerprint density at radius 2 is 1.22 bits per heavy atom. The van der Waals surface area contributed by atoms with Gasteiger partial charge >= 0.3 is 6.85 Å². The lowest BCUT2D eigenvalue weighted by molar-refractivity contribution is 1.35. The van der Waals surface area contributed by atoms with E-state index in [1.54, 1.807) is 0 Å². The van der Waals surface area contributed by atoms with Gasteiger partial charge in [0.05, 0.1) is 0 Å². The molecule has 1 heterocycles. The lowest BCUT2D eigenvalue weighted by Gasteiger charge is -2.39. The van der Waals surface area contributed by atoms with E-state index in [0.29, 0.717) is 0 Å². The molecule has 0 aromatic heterocycles. The third-order valence-corrected chi connectivity index (χ3v) is 5.39. The number of anilines is 2. The van der Waals surface area contributed by atoms with Crippen LogP contribution in [-0.2, 0) is 0 Å². The van der Waals surface area contributed by atoms with Crippen LogP contribution in [0, 0.1) is 6.92 Å². The maximum atomic E-state index is 2.48. The Balaban J connectivity index is 1.81. The van der Waals surface area contributed by atoms with Crippen molar-refractivity contribution in [2.45, 2.75) is 6.92 Å². The minimum absolute atomic E-state index is 0.153. The molecule has 0 fully saturated rings. The van der Waals surface area contributed by atoms with Gasteiger partial charge in [-0.1, -0.05) is 96.0 Å². The quantitative estimate of drug-likeness (QED) is 0.466. The molecule has 1 nitrogen and oxygen atoms in total. The number of hydrogen-bond donors (Lipinski definition) is 0. The van der Waals surface area contributed by atoms with E-state index in [9.17, 15) is 0 Å². The minimum atomic E-state index is 0.153. The van der Waals surface area contributed by atoms with Crippen LogP contribution in [0.3, 0.4) is 0 Å². The molecule has 0 atom stereocenters. The zero-order valence-electron chi connectivity index (χ0n) is 15.3. The van der Waals surface area contributed by atoms with Gasteiger partial charge in [-0.2, -0.15) is 0 Å². The maximum absolute atomic E-state index is 2.48. The molecular weight excluding hydrogens is 325 g/mol. The average molecular weight is 345 g/mol. The highest BCUT2D eigenvalue weighted by Gasteiger charge is 2.36. The van der Waals surface area contributed by atoms with Crippen LogP contribution < -0.4 is 15.7 Å². The second kappa shape index (κ2) is 6.48. The Morgan fingerprint density at radius 3 is 2.00 bits per heavy atom. The summed E-state index contributed by atoms with van der Waals surface area (Å²) in [4.78, 5) is 2.48. The van der Waals surface area contributed by atoms with Gasteiger partial charge in [0.1, 0.15) is 0 Å². The standard InChI is InChI=1S/C25H20BN/c1-19-15-17-21(18-16-19)27-25-14-8-6-12-23(25)22-11-5-7-13-24(22)26(27)20-9-3-2-4-10-20/h2-18H,1H3. The van der Waals surface area contributed by atoms with Crippen molar-refractivity contribution in [3.63, 3.8) is 0 Å². The van der Waals surface area contributed by atoms with E-state index in [4.69, 9.17) is 0 Å². The molecule has 5 rings (SSSR count). The van der Waals surface area contributed by atoms with Crippen LogP contribution in [0.2, 0.25) is 0 Å². The summed E-state index contributed by atoms with van der Waals surface area (Å²) in [5.74, 6) is 0. The summed E-state index contributed by atoms with van der Waals surface area (Å²) < 4.78 is 0. The molecule has 0 amide bonds. The summed E-state index contributed by atoms with van der Waals surface area (Å²) in [5, 5.41) is 0. The van der Waals surface area contributed by atoms with Gasteiger partial charge in [0, 0.05) is 16.9 Å². The monoisotopic (exact) mass is 345 g/mol. The fourth-order valence-electron chi connectivity index (χ4n) is 4.13. The second-order valence-electron chi connectivity index (χ2n) is 7.12. The van der Waals surface area contributed by atoms with Crippen molar-refractivity contribution in [2.75, 3.05) is 4.81 Å². The van der Waals surface area contributed by atoms with E-state index in [2.05, 4.69) is 115 Å². The first-order chi connectivity index (χ1) is 13.3. The number of benzene rings is 4. The van der Waals surface area contributed by atoms with E-state index < -0.39 is 0 Å². The van der Waals surface area contributed by atoms with Crippen molar-refractivity contribution >= 4 is 29.1 Å². The van der Waals surface area contributed by atoms with Gasteiger partial charge in [-0.15, -0.1) is 0 Å². The molecule has 128 valence electrons. The largest absolute Gasteiger partial charge is 0.376 e. The fraction of sp³-hybridized carbons (Fsp3) is 0.0400. The maximum Gasteiger partial charge on any atom is 0.328 e. The van der Waals surface area contributed by atoms with Crippen LogP contribution in [0.1, 0.15) is 5.56 Å². The molecule has 27 heavy (non-hydrogen) atoms. The third-order valence-electron chi connectivity index (χ3n) is 5.39. The molecule has 4 aromatic carbocycles. The molecule has 0 bridgehead atoms. The number of fused-ring (bicyclic) bond motifs is 3. The smallest absolute Gasteiger partial charge is 0.328 e. The zero-order valence-corrected chi connectivity index (χ0v) is 15.3. The molecule has 0 saturated carbocycles. The molecule has 0 radical (unpaired) electrons. The summed E-state index contributed by atoms with van der Waals surface area (Å²) in [6.45, 7) is 2.29. The van der Waals surface area contributed by atoms with Gasteiger partial charge < -0.3 is 4.81 Å². The molecular formula is C25H20BN. The minimum Gasteiger partial charge on any atom is -0.376 e. The summed E-state index contributed by atoms with van der Waals surface area (Å²) in [7, 11) is 0. The first-order valence-corrected chi connectivity index (χ1v) is 9.42. The normalized spacial score (nSPS) is 12.5. The lowest BCUT2D eigenvalue weighted by Crippen LogP contribution is -2.57. The summed E-state index contributed by atoms with van der Waals surface area (Å²) in [5.41, 5.74) is 9.03. The van der Waals surface area contributed by atoms with Gasteiger partial charge in [-0.05, 0) is 36.1 Å². The Labute approximate surface area is 161 Å². The zero-order chi connectivity index (χ0) is 18.2. The summed E-state index contributed by atoms with van der Waals surface area (Å²) in [6.07, 6.45) is 0. The van der Waals surface area contributed by atoms with Crippen LogP contribution in [0.25, 0.3) is 11.1 Å². The van der Waals surface area contributed by atoms with Crippen LogP contribution in [-0.4, -0.2) is 6.85 Å². The van der Waals surface area contributed by atoms with E-state index in [0.717, 1.165) is 0 Å². The number of aryl methyl sites for hydroxylation is 1. The van der Waals surface area contributed by atoms with Crippen molar-refractivity contribution in [1.29, 1.82) is 0 Å². The van der Waals surface area contributed by atoms with E-state index >= 15 is 0 Å². The van der Waals surface area contributed by atoms with Crippen LogP contribution in [0.4, 0.5) is 11.4 Å². The predicted molar refractivity (Wildman–Crippen MR) is 117 cm³/mol. The average Bonchev–Trinajstić information content (AvgIpc) is 2.74. The summed E-state index contributed by atoms with van der Waals surface area (Å²) in [6, 6.07) is 37.2. The fourth-order valence-corrected chi connectivity index (χ4v) is 4.13. The Bertz CT molecular complexity index is 1090. The molecule has 1 aliphatic rings. The van der Waals surface area contributed by atoms with Crippen molar-refractivity contribution < 1.29 is 0 Å². The first-order valence-electron chi connectivity index (χ1n) is 9.42. The van der Waals surface area contributed by atoms with Crippen molar-refractivity contribution in [3.05, 3.63) is 109 Å². The summed E-state index contributed by atoms with van der Waals surface area (Å²) >= 11 is 0. The Morgan fingerprint density at radius 1 is 0.593 bits per heavy atom. The van der Waals surface area contributed by atoms with E-state index in [1.165, 1.54) is 39.0 Å². The van der Waals surface area contributed by atoms with E-state index in [1.807, 2.05) is 0 Å². The molecule has 0 spiro atoms. The highest BCUT2D eigenvalue weighted by atomic mass is 15.1. The molecule has 0 aliphatic carbocycles. The molecule has 0 saturated heterocycles.